The summed E-state index contributed by atoms with van der Waals surface area (Å²) in [6, 6.07) is 12.7. The lowest BCUT2D eigenvalue weighted by Gasteiger charge is -2.33. The SMILES string of the molecule is COc1ccccc1CCNC(=O)[C@@H]1CC12CCN(Cc1c(F)cccc1Cl)CC2. The van der Waals surface area contributed by atoms with Crippen LogP contribution in [-0.4, -0.2) is 37.6 Å². The van der Waals surface area contributed by atoms with Gasteiger partial charge in [0.05, 0.1) is 7.11 Å². The molecule has 1 N–H and O–H groups in total. The summed E-state index contributed by atoms with van der Waals surface area (Å²) in [7, 11) is 1.66. The number of nitrogens with one attached hydrogen (secondary N) is 1. The molecule has 0 radical (unpaired) electrons. The fraction of sp³-hybridized carbons (Fsp3) is 0.458. The second-order valence-corrected chi connectivity index (χ2v) is 8.86. The Morgan fingerprint density at radius 3 is 2.73 bits per heavy atom. The molecule has 1 saturated heterocycles. The van der Waals surface area contributed by atoms with Gasteiger partial charge in [0.1, 0.15) is 11.6 Å². The third-order valence-electron chi connectivity index (χ3n) is 6.69. The summed E-state index contributed by atoms with van der Waals surface area (Å²) in [5.74, 6) is 0.878. The van der Waals surface area contributed by atoms with Gasteiger partial charge in [-0.2, -0.15) is 0 Å². The van der Waals surface area contributed by atoms with Crippen LogP contribution in [0.2, 0.25) is 5.02 Å². The Morgan fingerprint density at radius 2 is 2.00 bits per heavy atom. The predicted molar refractivity (Wildman–Crippen MR) is 116 cm³/mol. The van der Waals surface area contributed by atoms with Crippen molar-refractivity contribution in [3.8, 4) is 5.75 Å². The first-order valence-corrected chi connectivity index (χ1v) is 10.9. The molecule has 1 spiro atoms. The minimum absolute atomic E-state index is 0.106. The number of rotatable bonds is 7. The van der Waals surface area contributed by atoms with E-state index in [0.717, 1.165) is 50.1 Å². The van der Waals surface area contributed by atoms with E-state index < -0.39 is 0 Å². The second-order valence-electron chi connectivity index (χ2n) is 8.45. The molecule has 1 amide bonds. The van der Waals surface area contributed by atoms with Crippen LogP contribution in [-0.2, 0) is 17.8 Å². The molecule has 2 aromatic rings. The number of ether oxygens (including phenoxy) is 1. The summed E-state index contributed by atoms with van der Waals surface area (Å²) in [5.41, 5.74) is 1.80. The topological polar surface area (TPSA) is 41.6 Å². The Hall–Kier alpha value is -2.11. The zero-order chi connectivity index (χ0) is 21.1. The van der Waals surface area contributed by atoms with E-state index in [1.807, 2.05) is 24.3 Å². The number of hydrogen-bond acceptors (Lipinski definition) is 3. The minimum atomic E-state index is -0.249. The highest BCUT2D eigenvalue weighted by molar-refractivity contribution is 6.31. The zero-order valence-corrected chi connectivity index (χ0v) is 18.1. The van der Waals surface area contributed by atoms with Crippen molar-refractivity contribution in [3.05, 3.63) is 64.4 Å². The van der Waals surface area contributed by atoms with Crippen molar-refractivity contribution in [2.24, 2.45) is 11.3 Å². The van der Waals surface area contributed by atoms with Gasteiger partial charge in [-0.15, -0.1) is 0 Å². The van der Waals surface area contributed by atoms with Crippen LogP contribution in [0.15, 0.2) is 42.5 Å². The number of nitrogens with zero attached hydrogens (tertiary/aromatic N) is 1. The summed E-state index contributed by atoms with van der Waals surface area (Å²) < 4.78 is 19.4. The molecule has 30 heavy (non-hydrogen) atoms. The average molecular weight is 431 g/mol. The van der Waals surface area contributed by atoms with Crippen molar-refractivity contribution >= 4 is 17.5 Å². The Kier molecular flexibility index (Phi) is 6.30. The van der Waals surface area contributed by atoms with Gasteiger partial charge < -0.3 is 10.1 Å². The fourth-order valence-corrected chi connectivity index (χ4v) is 4.91. The third kappa shape index (κ3) is 4.47. The number of piperidine rings is 1. The van der Waals surface area contributed by atoms with E-state index in [2.05, 4.69) is 10.2 Å². The third-order valence-corrected chi connectivity index (χ3v) is 7.04. The number of para-hydroxylation sites is 1. The zero-order valence-electron chi connectivity index (χ0n) is 17.3. The van der Waals surface area contributed by atoms with Gasteiger partial charge >= 0.3 is 0 Å². The summed E-state index contributed by atoms with van der Waals surface area (Å²) in [6.07, 6.45) is 3.67. The molecule has 2 aliphatic rings. The molecule has 1 saturated carbocycles. The van der Waals surface area contributed by atoms with Crippen LogP contribution in [0.4, 0.5) is 4.39 Å². The lowest BCUT2D eigenvalue weighted by molar-refractivity contribution is -0.123. The highest BCUT2D eigenvalue weighted by Gasteiger charge is 2.58. The standard InChI is InChI=1S/C24H28ClFN2O2/c1-30-22-8-3-2-5-17(22)9-12-27-23(29)19-15-24(19)10-13-28(14-11-24)16-18-20(25)6-4-7-21(18)26/h2-8,19H,9-16H2,1H3,(H,27,29)/t19-/m0/s1. The fourth-order valence-electron chi connectivity index (χ4n) is 4.69. The van der Waals surface area contributed by atoms with Crippen LogP contribution in [0.1, 0.15) is 30.4 Å². The van der Waals surface area contributed by atoms with Gasteiger partial charge in [0, 0.05) is 29.6 Å². The lowest BCUT2D eigenvalue weighted by Crippen LogP contribution is -2.37. The molecule has 4 nitrogen and oxygen atoms in total. The van der Waals surface area contributed by atoms with Crippen molar-refractivity contribution in [3.63, 3.8) is 0 Å². The van der Waals surface area contributed by atoms with Gasteiger partial charge in [-0.25, -0.2) is 4.39 Å². The van der Waals surface area contributed by atoms with Crippen LogP contribution < -0.4 is 10.1 Å². The number of benzene rings is 2. The first kappa shape index (κ1) is 21.1. The summed E-state index contributed by atoms with van der Waals surface area (Å²) in [6.45, 7) is 2.88. The lowest BCUT2D eigenvalue weighted by atomic mass is 9.90. The molecule has 1 aliphatic carbocycles. The molecule has 0 unspecified atom stereocenters. The molecule has 4 rings (SSSR count). The Labute approximate surface area is 182 Å². The van der Waals surface area contributed by atoms with Gasteiger partial charge in [-0.3, -0.25) is 9.69 Å². The molecular weight excluding hydrogens is 403 g/mol. The maximum Gasteiger partial charge on any atom is 0.223 e. The van der Waals surface area contributed by atoms with E-state index in [0.29, 0.717) is 23.7 Å². The molecule has 1 heterocycles. The normalized spacial score (nSPS) is 20.2. The van der Waals surface area contributed by atoms with Crippen molar-refractivity contribution in [1.29, 1.82) is 0 Å². The molecule has 0 bridgehead atoms. The van der Waals surface area contributed by atoms with Crippen LogP contribution >= 0.6 is 11.6 Å². The molecule has 160 valence electrons. The maximum absolute atomic E-state index is 14.1. The molecule has 1 aliphatic heterocycles. The molecule has 2 aromatic carbocycles. The molecule has 2 fully saturated rings. The van der Waals surface area contributed by atoms with Crippen LogP contribution in [0.25, 0.3) is 0 Å². The number of methoxy groups -OCH3 is 1. The Balaban J connectivity index is 1.24. The number of hydrogen-bond donors (Lipinski definition) is 1. The van der Waals surface area contributed by atoms with Crippen LogP contribution in [0.5, 0.6) is 5.75 Å². The molecule has 0 aromatic heterocycles. The molecule has 1 atom stereocenters. The van der Waals surface area contributed by atoms with E-state index in [9.17, 15) is 9.18 Å². The molecular formula is C24H28ClFN2O2. The number of likely N-dealkylation sites (tertiary alicyclic amines) is 1. The summed E-state index contributed by atoms with van der Waals surface area (Å²) >= 11 is 6.17. The molecule has 6 heteroatoms. The van der Waals surface area contributed by atoms with Gasteiger partial charge in [-0.1, -0.05) is 35.9 Å². The van der Waals surface area contributed by atoms with Gasteiger partial charge in [0.2, 0.25) is 5.91 Å². The predicted octanol–water partition coefficient (Wildman–Crippen LogP) is 4.45. The largest absolute Gasteiger partial charge is 0.496 e. The first-order chi connectivity index (χ1) is 14.5. The summed E-state index contributed by atoms with van der Waals surface area (Å²) in [4.78, 5) is 14.9. The van der Waals surface area contributed by atoms with E-state index in [1.54, 1.807) is 19.2 Å². The average Bonchev–Trinajstić information content (AvgIpc) is 3.46. The number of amides is 1. The van der Waals surface area contributed by atoms with Gasteiger partial charge in [-0.05, 0) is 68.0 Å². The van der Waals surface area contributed by atoms with Crippen molar-refractivity contribution in [2.75, 3.05) is 26.7 Å². The Morgan fingerprint density at radius 1 is 1.23 bits per heavy atom. The summed E-state index contributed by atoms with van der Waals surface area (Å²) in [5, 5.41) is 3.59. The monoisotopic (exact) mass is 430 g/mol. The highest BCUT2D eigenvalue weighted by atomic mass is 35.5. The van der Waals surface area contributed by atoms with Crippen molar-refractivity contribution in [1.82, 2.24) is 10.2 Å². The van der Waals surface area contributed by atoms with E-state index >= 15 is 0 Å². The first-order valence-electron chi connectivity index (χ1n) is 10.6. The van der Waals surface area contributed by atoms with Crippen molar-refractivity contribution < 1.29 is 13.9 Å². The highest BCUT2D eigenvalue weighted by Crippen LogP contribution is 2.59. The number of carbonyl (C=O) groups is 1. The quantitative estimate of drug-likeness (QED) is 0.705. The van der Waals surface area contributed by atoms with Crippen LogP contribution in [0, 0.1) is 17.2 Å². The Bertz CT molecular complexity index is 892. The van der Waals surface area contributed by atoms with Gasteiger partial charge in [0.25, 0.3) is 0 Å². The van der Waals surface area contributed by atoms with E-state index in [4.69, 9.17) is 16.3 Å². The minimum Gasteiger partial charge on any atom is -0.496 e. The maximum atomic E-state index is 14.1. The van der Waals surface area contributed by atoms with E-state index in [-0.39, 0.29) is 23.1 Å². The van der Waals surface area contributed by atoms with Gasteiger partial charge in [0.15, 0.2) is 0 Å². The van der Waals surface area contributed by atoms with E-state index in [1.165, 1.54) is 6.07 Å². The second kappa shape index (κ2) is 8.94. The smallest absolute Gasteiger partial charge is 0.223 e. The number of carbonyl (C=O) groups excluding carboxylic acids is 1. The van der Waals surface area contributed by atoms with Crippen molar-refractivity contribution in [2.45, 2.75) is 32.2 Å². The van der Waals surface area contributed by atoms with Crippen LogP contribution in [0.3, 0.4) is 0 Å². The number of halogens is 2.